The minimum Gasteiger partial charge on any atom is -0.391 e. The molecular formula is C7H13NO. The summed E-state index contributed by atoms with van der Waals surface area (Å²) in [6.45, 7) is 0. The Bertz CT molecular complexity index is 126. The van der Waals surface area contributed by atoms with Crippen LogP contribution in [0.15, 0.2) is 0 Å². The molecule has 0 amide bonds. The SMILES string of the molecule is CN1[C@H]2CC[C@@H]1[C@@H](O)C2. The highest BCUT2D eigenvalue weighted by molar-refractivity contribution is 4.98. The van der Waals surface area contributed by atoms with Crippen molar-refractivity contribution >= 4 is 0 Å². The van der Waals surface area contributed by atoms with Crippen molar-refractivity contribution in [3.8, 4) is 0 Å². The Labute approximate surface area is 55.5 Å². The van der Waals surface area contributed by atoms with E-state index in [0.29, 0.717) is 12.1 Å². The maximum atomic E-state index is 9.35. The van der Waals surface area contributed by atoms with Gasteiger partial charge in [0, 0.05) is 12.1 Å². The molecule has 0 spiro atoms. The average molecular weight is 127 g/mol. The predicted molar refractivity (Wildman–Crippen MR) is 35.2 cm³/mol. The van der Waals surface area contributed by atoms with Crippen LogP contribution in [0.25, 0.3) is 0 Å². The van der Waals surface area contributed by atoms with E-state index in [9.17, 15) is 5.11 Å². The zero-order valence-corrected chi connectivity index (χ0v) is 5.75. The number of hydrogen-bond donors (Lipinski definition) is 1. The molecule has 9 heavy (non-hydrogen) atoms. The zero-order chi connectivity index (χ0) is 6.43. The van der Waals surface area contributed by atoms with Crippen LogP contribution in [0.1, 0.15) is 19.3 Å². The van der Waals surface area contributed by atoms with Crippen molar-refractivity contribution in [2.75, 3.05) is 7.05 Å². The second-order valence-corrected chi connectivity index (χ2v) is 3.27. The molecule has 0 unspecified atom stereocenters. The second-order valence-electron chi connectivity index (χ2n) is 3.27. The Kier molecular flexibility index (Phi) is 1.08. The first-order valence-electron chi connectivity index (χ1n) is 3.69. The zero-order valence-electron chi connectivity index (χ0n) is 5.75. The van der Waals surface area contributed by atoms with Crippen molar-refractivity contribution < 1.29 is 5.11 Å². The van der Waals surface area contributed by atoms with E-state index in [-0.39, 0.29) is 6.10 Å². The number of hydrogen-bond acceptors (Lipinski definition) is 2. The van der Waals surface area contributed by atoms with E-state index in [2.05, 4.69) is 11.9 Å². The molecule has 2 aliphatic heterocycles. The fourth-order valence-corrected chi connectivity index (χ4v) is 2.22. The van der Waals surface area contributed by atoms with Gasteiger partial charge in [-0.15, -0.1) is 0 Å². The minimum absolute atomic E-state index is 0.0197. The largest absolute Gasteiger partial charge is 0.391 e. The molecule has 1 N–H and O–H groups in total. The van der Waals surface area contributed by atoms with Crippen LogP contribution in [-0.4, -0.2) is 35.2 Å². The summed E-state index contributed by atoms with van der Waals surface area (Å²) in [6.07, 6.45) is 3.51. The standard InChI is InChI=1S/C7H13NO/c1-8-5-2-3-6(8)7(9)4-5/h5-7,9H,2-4H2,1H3/t5-,6+,7-/m0/s1. The normalized spacial score (nSPS) is 50.7. The average Bonchev–Trinajstić information content (AvgIpc) is 2.25. The molecule has 2 nitrogen and oxygen atoms in total. The van der Waals surface area contributed by atoms with E-state index in [1.54, 1.807) is 0 Å². The summed E-state index contributed by atoms with van der Waals surface area (Å²) in [5.74, 6) is 0. The van der Waals surface area contributed by atoms with Crippen molar-refractivity contribution in [1.29, 1.82) is 0 Å². The number of aliphatic hydroxyl groups is 1. The topological polar surface area (TPSA) is 23.5 Å². The van der Waals surface area contributed by atoms with Crippen LogP contribution in [-0.2, 0) is 0 Å². The fraction of sp³-hybridized carbons (Fsp3) is 1.00. The van der Waals surface area contributed by atoms with Gasteiger partial charge in [0.05, 0.1) is 6.10 Å². The van der Waals surface area contributed by atoms with Gasteiger partial charge < -0.3 is 5.11 Å². The van der Waals surface area contributed by atoms with Gasteiger partial charge in [0.25, 0.3) is 0 Å². The molecule has 2 heterocycles. The summed E-state index contributed by atoms with van der Waals surface area (Å²) in [6, 6.07) is 1.19. The maximum absolute atomic E-state index is 9.35. The molecule has 52 valence electrons. The van der Waals surface area contributed by atoms with E-state index in [0.717, 1.165) is 6.42 Å². The van der Waals surface area contributed by atoms with E-state index >= 15 is 0 Å². The molecule has 2 rings (SSSR count). The maximum Gasteiger partial charge on any atom is 0.0710 e. The van der Waals surface area contributed by atoms with Crippen molar-refractivity contribution in [2.24, 2.45) is 0 Å². The van der Waals surface area contributed by atoms with Gasteiger partial charge in [-0.3, -0.25) is 4.90 Å². The van der Waals surface area contributed by atoms with Crippen molar-refractivity contribution in [3.63, 3.8) is 0 Å². The number of fused-ring (bicyclic) bond motifs is 2. The van der Waals surface area contributed by atoms with Gasteiger partial charge in [0.15, 0.2) is 0 Å². The van der Waals surface area contributed by atoms with Crippen molar-refractivity contribution in [1.82, 2.24) is 4.90 Å². The first kappa shape index (κ1) is 5.69. The summed E-state index contributed by atoms with van der Waals surface area (Å²) in [7, 11) is 2.12. The van der Waals surface area contributed by atoms with Crippen molar-refractivity contribution in [2.45, 2.75) is 37.5 Å². The summed E-state index contributed by atoms with van der Waals surface area (Å²) < 4.78 is 0. The number of likely N-dealkylation sites (N-methyl/N-ethyl adjacent to an activating group) is 1. The molecule has 0 aromatic heterocycles. The van der Waals surface area contributed by atoms with Gasteiger partial charge in [-0.05, 0) is 26.3 Å². The van der Waals surface area contributed by atoms with Crippen LogP contribution in [0.4, 0.5) is 0 Å². The quantitative estimate of drug-likeness (QED) is 0.503. The van der Waals surface area contributed by atoms with Gasteiger partial charge >= 0.3 is 0 Å². The van der Waals surface area contributed by atoms with Crippen LogP contribution in [0, 0.1) is 0 Å². The van der Waals surface area contributed by atoms with Crippen LogP contribution in [0.3, 0.4) is 0 Å². The molecule has 2 bridgehead atoms. The Hall–Kier alpha value is -0.0800. The van der Waals surface area contributed by atoms with E-state index < -0.39 is 0 Å². The van der Waals surface area contributed by atoms with E-state index in [1.807, 2.05) is 0 Å². The third-order valence-corrected chi connectivity index (χ3v) is 2.85. The third kappa shape index (κ3) is 0.634. The molecule has 2 aliphatic rings. The molecule has 3 atom stereocenters. The van der Waals surface area contributed by atoms with Crippen LogP contribution in [0.5, 0.6) is 0 Å². The molecule has 0 saturated carbocycles. The molecule has 0 aromatic rings. The van der Waals surface area contributed by atoms with Crippen LogP contribution in [0.2, 0.25) is 0 Å². The first-order chi connectivity index (χ1) is 4.29. The molecular weight excluding hydrogens is 114 g/mol. The number of nitrogens with zero attached hydrogens (tertiary/aromatic N) is 1. The van der Waals surface area contributed by atoms with Crippen LogP contribution < -0.4 is 0 Å². The lowest BCUT2D eigenvalue weighted by atomic mass is 9.98. The number of rotatable bonds is 0. The molecule has 2 saturated heterocycles. The van der Waals surface area contributed by atoms with Gasteiger partial charge in [-0.25, -0.2) is 0 Å². The smallest absolute Gasteiger partial charge is 0.0710 e. The molecule has 2 fully saturated rings. The Balaban J connectivity index is 2.16. The predicted octanol–water partition coefficient (Wildman–Crippen LogP) is 0.214. The molecule has 0 radical (unpaired) electrons. The number of aliphatic hydroxyl groups excluding tert-OH is 1. The third-order valence-electron chi connectivity index (χ3n) is 2.85. The summed E-state index contributed by atoms with van der Waals surface area (Å²) in [4.78, 5) is 2.32. The van der Waals surface area contributed by atoms with Gasteiger partial charge in [-0.2, -0.15) is 0 Å². The summed E-state index contributed by atoms with van der Waals surface area (Å²) in [5, 5.41) is 9.35. The molecule has 0 aromatic carbocycles. The van der Waals surface area contributed by atoms with E-state index in [4.69, 9.17) is 0 Å². The Morgan fingerprint density at radius 2 is 2.22 bits per heavy atom. The Morgan fingerprint density at radius 3 is 2.44 bits per heavy atom. The second kappa shape index (κ2) is 1.70. The lowest BCUT2D eigenvalue weighted by Crippen LogP contribution is -2.28. The lowest BCUT2D eigenvalue weighted by Gasteiger charge is -2.15. The summed E-state index contributed by atoms with van der Waals surface area (Å²) in [5.41, 5.74) is 0. The van der Waals surface area contributed by atoms with Crippen molar-refractivity contribution in [3.05, 3.63) is 0 Å². The van der Waals surface area contributed by atoms with Gasteiger partial charge in [0.2, 0.25) is 0 Å². The monoisotopic (exact) mass is 127 g/mol. The summed E-state index contributed by atoms with van der Waals surface area (Å²) >= 11 is 0. The highest BCUT2D eigenvalue weighted by atomic mass is 16.3. The van der Waals surface area contributed by atoms with Gasteiger partial charge in [-0.1, -0.05) is 0 Å². The van der Waals surface area contributed by atoms with Crippen LogP contribution >= 0.6 is 0 Å². The lowest BCUT2D eigenvalue weighted by molar-refractivity contribution is 0.128. The molecule has 0 aliphatic carbocycles. The highest BCUT2D eigenvalue weighted by Crippen LogP contribution is 2.35. The molecule has 2 heteroatoms. The first-order valence-corrected chi connectivity index (χ1v) is 3.69. The highest BCUT2D eigenvalue weighted by Gasteiger charge is 2.42. The minimum atomic E-state index is -0.0197. The van der Waals surface area contributed by atoms with E-state index in [1.165, 1.54) is 12.8 Å². The Morgan fingerprint density at radius 1 is 1.44 bits per heavy atom. The van der Waals surface area contributed by atoms with Gasteiger partial charge in [0.1, 0.15) is 0 Å². The fourth-order valence-electron chi connectivity index (χ4n) is 2.22.